The van der Waals surface area contributed by atoms with E-state index in [2.05, 4.69) is 34.4 Å². The molecular weight excluding hydrogens is 406 g/mol. The first kappa shape index (κ1) is 21.6. The lowest BCUT2D eigenvalue weighted by molar-refractivity contribution is 0.356. The molecule has 0 aliphatic rings. The number of sulfonamides is 1. The van der Waals surface area contributed by atoms with Crippen LogP contribution in [0.4, 0.5) is 17.5 Å². The Morgan fingerprint density at radius 1 is 1.07 bits per heavy atom. The molecule has 0 bridgehead atoms. The number of nitrogens with zero attached hydrogens (tertiary/aromatic N) is 2. The van der Waals surface area contributed by atoms with E-state index in [-0.39, 0.29) is 4.90 Å². The molecular formula is C20H25N5O4S. The number of nitrogens with one attached hydrogen (secondary N) is 2. The van der Waals surface area contributed by atoms with Gasteiger partial charge in [0.15, 0.2) is 11.5 Å². The minimum atomic E-state index is -3.82. The lowest BCUT2D eigenvalue weighted by atomic mass is 10.2. The molecule has 9 nitrogen and oxygen atoms in total. The van der Waals surface area contributed by atoms with Gasteiger partial charge in [-0.3, -0.25) is 0 Å². The average molecular weight is 432 g/mol. The Balaban J connectivity index is 2.08. The smallest absolute Gasteiger partial charge is 0.238 e. The highest BCUT2D eigenvalue weighted by molar-refractivity contribution is 7.89. The van der Waals surface area contributed by atoms with Gasteiger partial charge in [0, 0.05) is 23.7 Å². The first-order chi connectivity index (χ1) is 14.2. The summed E-state index contributed by atoms with van der Waals surface area (Å²) in [6.07, 6.45) is 0. The second kappa shape index (κ2) is 8.72. The summed E-state index contributed by atoms with van der Waals surface area (Å²) >= 11 is 0. The molecule has 0 unspecified atom stereocenters. The van der Waals surface area contributed by atoms with Gasteiger partial charge in [0.05, 0.1) is 24.6 Å². The molecule has 3 aromatic rings. The normalized spacial score (nSPS) is 11.5. The van der Waals surface area contributed by atoms with Crippen molar-refractivity contribution in [2.45, 2.75) is 18.7 Å². The van der Waals surface area contributed by atoms with Crippen molar-refractivity contribution in [3.8, 4) is 11.5 Å². The van der Waals surface area contributed by atoms with Gasteiger partial charge in [0.25, 0.3) is 0 Å². The number of ether oxygens (including phenoxy) is 2. The zero-order valence-corrected chi connectivity index (χ0v) is 18.1. The number of aromatic nitrogens is 2. The van der Waals surface area contributed by atoms with Crippen LogP contribution in [0.5, 0.6) is 11.5 Å². The number of fused-ring (bicyclic) bond motifs is 1. The Kier molecular flexibility index (Phi) is 6.28. The van der Waals surface area contributed by atoms with Crippen molar-refractivity contribution >= 4 is 38.4 Å². The van der Waals surface area contributed by atoms with Crippen LogP contribution in [-0.2, 0) is 10.0 Å². The summed E-state index contributed by atoms with van der Waals surface area (Å²) in [6.45, 7) is 4.90. The standard InChI is InChI=1S/C20H25N5O4S/c1-12(2)11-22-19-15-9-17(28-3)18(29-4)10-16(15)24-20(25-19)23-13-6-5-7-14(8-13)30(21,26)27/h5-10,12H,11H2,1-4H3,(H2,21,26,27)(H2,22,23,24,25). The summed E-state index contributed by atoms with van der Waals surface area (Å²) in [5.74, 6) is 2.44. The number of benzene rings is 2. The highest BCUT2D eigenvalue weighted by Gasteiger charge is 2.14. The van der Waals surface area contributed by atoms with E-state index in [4.69, 9.17) is 14.6 Å². The number of nitrogens with two attached hydrogens (primary N) is 1. The molecule has 4 N–H and O–H groups in total. The third-order valence-corrected chi connectivity index (χ3v) is 5.21. The molecule has 0 saturated heterocycles. The van der Waals surface area contributed by atoms with E-state index in [9.17, 15) is 8.42 Å². The molecule has 160 valence electrons. The fourth-order valence-corrected chi connectivity index (χ4v) is 3.39. The van der Waals surface area contributed by atoms with Crippen LogP contribution in [0.3, 0.4) is 0 Å². The van der Waals surface area contributed by atoms with Crippen LogP contribution in [0.25, 0.3) is 10.9 Å². The topological polar surface area (TPSA) is 128 Å². The summed E-state index contributed by atoms with van der Waals surface area (Å²) in [6, 6.07) is 9.74. The predicted octanol–water partition coefficient (Wildman–Crippen LogP) is 3.11. The highest BCUT2D eigenvalue weighted by atomic mass is 32.2. The lowest BCUT2D eigenvalue weighted by Crippen LogP contribution is -2.13. The van der Waals surface area contributed by atoms with Crippen molar-refractivity contribution in [3.63, 3.8) is 0 Å². The van der Waals surface area contributed by atoms with Crippen molar-refractivity contribution in [2.75, 3.05) is 31.4 Å². The van der Waals surface area contributed by atoms with Gasteiger partial charge in [-0.2, -0.15) is 4.98 Å². The van der Waals surface area contributed by atoms with Crippen molar-refractivity contribution in [1.29, 1.82) is 0 Å². The molecule has 0 amide bonds. The van der Waals surface area contributed by atoms with Gasteiger partial charge >= 0.3 is 0 Å². The minimum Gasteiger partial charge on any atom is -0.493 e. The number of hydrogen-bond donors (Lipinski definition) is 3. The number of rotatable bonds is 8. The van der Waals surface area contributed by atoms with Crippen LogP contribution >= 0.6 is 0 Å². The maximum Gasteiger partial charge on any atom is 0.238 e. The van der Waals surface area contributed by atoms with Crippen LogP contribution in [0, 0.1) is 5.92 Å². The van der Waals surface area contributed by atoms with E-state index in [1.54, 1.807) is 32.4 Å². The van der Waals surface area contributed by atoms with Gasteiger partial charge in [0.2, 0.25) is 16.0 Å². The van der Waals surface area contributed by atoms with Crippen molar-refractivity contribution < 1.29 is 17.9 Å². The number of primary sulfonamides is 1. The van der Waals surface area contributed by atoms with Crippen LogP contribution in [0.15, 0.2) is 41.3 Å². The fraction of sp³-hybridized carbons (Fsp3) is 0.300. The SMILES string of the molecule is COc1cc2nc(Nc3cccc(S(N)(=O)=O)c3)nc(NCC(C)C)c2cc1OC. The molecule has 2 aromatic carbocycles. The zero-order chi connectivity index (χ0) is 21.9. The van der Waals surface area contributed by atoms with Gasteiger partial charge in [-0.1, -0.05) is 19.9 Å². The molecule has 0 saturated carbocycles. The first-order valence-corrected chi connectivity index (χ1v) is 10.8. The molecule has 1 aromatic heterocycles. The molecule has 0 aliphatic heterocycles. The van der Waals surface area contributed by atoms with Gasteiger partial charge in [0.1, 0.15) is 5.82 Å². The Labute approximate surface area is 175 Å². The Bertz CT molecular complexity index is 1170. The zero-order valence-electron chi connectivity index (χ0n) is 17.3. The van der Waals surface area contributed by atoms with Crippen LogP contribution in [-0.4, -0.2) is 39.2 Å². The maximum atomic E-state index is 11.6. The van der Waals surface area contributed by atoms with E-state index >= 15 is 0 Å². The molecule has 1 heterocycles. The highest BCUT2D eigenvalue weighted by Crippen LogP contribution is 2.35. The summed E-state index contributed by atoms with van der Waals surface area (Å²) < 4.78 is 34.0. The molecule has 0 fully saturated rings. The monoisotopic (exact) mass is 431 g/mol. The lowest BCUT2D eigenvalue weighted by Gasteiger charge is -2.15. The van der Waals surface area contributed by atoms with E-state index < -0.39 is 10.0 Å². The third kappa shape index (κ3) is 4.89. The third-order valence-electron chi connectivity index (χ3n) is 4.30. The van der Waals surface area contributed by atoms with Gasteiger partial charge in [-0.05, 0) is 30.2 Å². The van der Waals surface area contributed by atoms with Crippen LogP contribution in [0.1, 0.15) is 13.8 Å². The average Bonchev–Trinajstić information content (AvgIpc) is 2.70. The van der Waals surface area contributed by atoms with Gasteiger partial charge in [-0.25, -0.2) is 18.5 Å². The van der Waals surface area contributed by atoms with Crippen molar-refractivity contribution in [3.05, 3.63) is 36.4 Å². The second-order valence-corrected chi connectivity index (χ2v) is 8.65. The summed E-state index contributed by atoms with van der Waals surface area (Å²) in [7, 11) is -0.693. The molecule has 0 radical (unpaired) electrons. The second-order valence-electron chi connectivity index (χ2n) is 7.09. The van der Waals surface area contributed by atoms with E-state index in [0.29, 0.717) is 46.9 Å². The Hall–Kier alpha value is -3.11. The Morgan fingerprint density at radius 2 is 1.77 bits per heavy atom. The van der Waals surface area contributed by atoms with Crippen molar-refractivity contribution in [1.82, 2.24) is 9.97 Å². The van der Waals surface area contributed by atoms with Gasteiger partial charge in [-0.15, -0.1) is 0 Å². The molecule has 30 heavy (non-hydrogen) atoms. The largest absolute Gasteiger partial charge is 0.493 e. The molecule has 3 rings (SSSR count). The molecule has 0 atom stereocenters. The summed E-state index contributed by atoms with van der Waals surface area (Å²) in [5, 5.41) is 12.4. The van der Waals surface area contributed by atoms with Gasteiger partial charge < -0.3 is 20.1 Å². The van der Waals surface area contributed by atoms with E-state index in [1.165, 1.54) is 12.1 Å². The summed E-state index contributed by atoms with van der Waals surface area (Å²) in [4.78, 5) is 9.13. The summed E-state index contributed by atoms with van der Waals surface area (Å²) in [5.41, 5.74) is 1.13. The number of methoxy groups -OCH3 is 2. The minimum absolute atomic E-state index is 0.00199. The number of hydrogen-bond acceptors (Lipinski definition) is 8. The fourth-order valence-electron chi connectivity index (χ4n) is 2.83. The van der Waals surface area contributed by atoms with Crippen molar-refractivity contribution in [2.24, 2.45) is 11.1 Å². The molecule has 10 heteroatoms. The molecule has 0 spiro atoms. The Morgan fingerprint density at radius 3 is 2.40 bits per heavy atom. The maximum absolute atomic E-state index is 11.6. The predicted molar refractivity (Wildman–Crippen MR) is 117 cm³/mol. The quantitative estimate of drug-likeness (QED) is 0.496. The number of anilines is 3. The van der Waals surface area contributed by atoms with E-state index in [1.807, 2.05) is 6.07 Å². The molecule has 0 aliphatic carbocycles. The van der Waals surface area contributed by atoms with E-state index in [0.717, 1.165) is 5.39 Å². The first-order valence-electron chi connectivity index (χ1n) is 9.28. The van der Waals surface area contributed by atoms with Crippen LogP contribution in [0.2, 0.25) is 0 Å². The van der Waals surface area contributed by atoms with Crippen LogP contribution < -0.4 is 25.2 Å².